The van der Waals surface area contributed by atoms with Crippen LogP contribution in [0.4, 0.5) is 24.5 Å². The summed E-state index contributed by atoms with van der Waals surface area (Å²) in [5.74, 6) is 6.76. The summed E-state index contributed by atoms with van der Waals surface area (Å²) in [4.78, 5) is 0.877. The predicted octanol–water partition coefficient (Wildman–Crippen LogP) is 5.85. The number of alkyl halides is 3. The summed E-state index contributed by atoms with van der Waals surface area (Å²) < 4.78 is 45.7. The number of nitrogens with two attached hydrogens (primary N) is 1. The Bertz CT molecular complexity index is 1150. The number of rotatable bonds is 9. The molecule has 5 nitrogen and oxygen atoms in total. The highest BCUT2D eigenvalue weighted by Gasteiger charge is 2.28. The Balaban J connectivity index is 1.84. The summed E-state index contributed by atoms with van der Waals surface area (Å²) >= 11 is 1.13. The highest BCUT2D eigenvalue weighted by atomic mass is 32.2. The molecule has 2 aromatic carbocycles. The van der Waals surface area contributed by atoms with Crippen LogP contribution < -0.4 is 20.5 Å². The zero-order valence-corrected chi connectivity index (χ0v) is 19.4. The topological polar surface area (TPSA) is 64.2 Å². The third-order valence-electron chi connectivity index (χ3n) is 4.99. The summed E-state index contributed by atoms with van der Waals surface area (Å²) in [6, 6.07) is 10.9. The van der Waals surface area contributed by atoms with Crippen LogP contribution in [0.2, 0.25) is 0 Å². The van der Waals surface area contributed by atoms with E-state index in [1.54, 1.807) is 19.2 Å². The number of hydrogen-bond donors (Lipinski definition) is 3. The minimum atomic E-state index is -4.30. The van der Waals surface area contributed by atoms with Gasteiger partial charge in [-0.2, -0.15) is 13.2 Å². The average molecular weight is 477 g/mol. The number of ether oxygens (including phenoxy) is 1. The number of anilines is 2. The Morgan fingerprint density at radius 2 is 1.94 bits per heavy atom. The Morgan fingerprint density at radius 3 is 2.64 bits per heavy atom. The zero-order chi connectivity index (χ0) is 23.8. The standard InChI is InChI=1S/C24H27F3N4OS/c1-3-4-10-30-21-13-17(14-22-19(21)9-12-31(22)16-24(25,26)27)6-5-11-29-20-8-7-18(33-28)15-23(20)32-2/h7-9,12-15,29-30H,3-4,10-11,16,28H2,1-2H3. The monoisotopic (exact) mass is 476 g/mol. The highest BCUT2D eigenvalue weighted by Crippen LogP contribution is 2.30. The van der Waals surface area contributed by atoms with Crippen molar-refractivity contribution < 1.29 is 17.9 Å². The Morgan fingerprint density at radius 1 is 1.12 bits per heavy atom. The quantitative estimate of drug-likeness (QED) is 0.205. The largest absolute Gasteiger partial charge is 0.495 e. The second kappa shape index (κ2) is 11.3. The number of nitrogens with one attached hydrogen (secondary N) is 2. The molecule has 4 N–H and O–H groups in total. The number of halogens is 3. The molecule has 0 aliphatic rings. The van der Waals surface area contributed by atoms with E-state index in [1.807, 2.05) is 24.3 Å². The van der Waals surface area contributed by atoms with Crippen LogP contribution in [0.1, 0.15) is 25.3 Å². The van der Waals surface area contributed by atoms with Crippen LogP contribution in [0.15, 0.2) is 47.5 Å². The van der Waals surface area contributed by atoms with Gasteiger partial charge in [-0.05, 0) is 54.8 Å². The normalized spacial score (nSPS) is 11.2. The molecule has 1 heterocycles. The molecule has 0 radical (unpaired) electrons. The molecule has 0 bridgehead atoms. The molecule has 0 atom stereocenters. The van der Waals surface area contributed by atoms with Gasteiger partial charge in [-0.25, -0.2) is 0 Å². The number of hydrogen-bond acceptors (Lipinski definition) is 5. The van der Waals surface area contributed by atoms with Gasteiger partial charge in [-0.1, -0.05) is 25.2 Å². The lowest BCUT2D eigenvalue weighted by atomic mass is 10.1. The Kier molecular flexibility index (Phi) is 8.42. The zero-order valence-electron chi connectivity index (χ0n) is 18.6. The molecule has 0 amide bonds. The lowest BCUT2D eigenvalue weighted by Crippen LogP contribution is -2.16. The van der Waals surface area contributed by atoms with Gasteiger partial charge < -0.3 is 19.9 Å². The number of aromatic nitrogens is 1. The number of fused-ring (bicyclic) bond motifs is 1. The molecule has 0 aliphatic carbocycles. The van der Waals surface area contributed by atoms with Gasteiger partial charge in [0.1, 0.15) is 12.3 Å². The molecule has 0 aliphatic heterocycles. The van der Waals surface area contributed by atoms with Crippen molar-refractivity contribution in [2.45, 2.75) is 37.4 Å². The number of nitrogens with zero attached hydrogens (tertiary/aromatic N) is 1. The highest BCUT2D eigenvalue weighted by molar-refractivity contribution is 7.97. The van der Waals surface area contributed by atoms with Crippen LogP contribution in [0.3, 0.4) is 0 Å². The molecule has 176 valence electrons. The fourth-order valence-electron chi connectivity index (χ4n) is 3.42. The van der Waals surface area contributed by atoms with Gasteiger partial charge >= 0.3 is 6.18 Å². The van der Waals surface area contributed by atoms with Crippen LogP contribution in [0.25, 0.3) is 10.9 Å². The fourth-order valence-corrected chi connectivity index (χ4v) is 3.74. The first kappa shape index (κ1) is 24.7. The maximum atomic E-state index is 13.0. The van der Waals surface area contributed by atoms with Crippen molar-refractivity contribution in [2.75, 3.05) is 30.8 Å². The summed E-state index contributed by atoms with van der Waals surface area (Å²) in [6.07, 6.45) is -0.847. The maximum absolute atomic E-state index is 13.0. The van der Waals surface area contributed by atoms with E-state index in [-0.39, 0.29) is 0 Å². The van der Waals surface area contributed by atoms with E-state index in [9.17, 15) is 13.2 Å². The SMILES string of the molecule is CCCCNc1cc(C#CCNc2ccc(SN)cc2OC)cc2c1ccn2CC(F)(F)F. The minimum absolute atomic E-state index is 0.339. The van der Waals surface area contributed by atoms with Crippen LogP contribution in [-0.2, 0) is 6.54 Å². The molecule has 0 unspecified atom stereocenters. The van der Waals surface area contributed by atoms with Gasteiger partial charge in [0.25, 0.3) is 0 Å². The van der Waals surface area contributed by atoms with Crippen molar-refractivity contribution in [3.8, 4) is 17.6 Å². The molecule has 3 aromatic rings. The number of unbranched alkanes of at least 4 members (excludes halogenated alkanes) is 1. The lowest BCUT2D eigenvalue weighted by molar-refractivity contribution is -0.139. The molecule has 3 rings (SSSR count). The molecular weight excluding hydrogens is 449 g/mol. The second-order valence-electron chi connectivity index (χ2n) is 7.43. The first-order valence-corrected chi connectivity index (χ1v) is 11.4. The van der Waals surface area contributed by atoms with Gasteiger partial charge in [-0.15, -0.1) is 0 Å². The van der Waals surface area contributed by atoms with Crippen molar-refractivity contribution in [3.63, 3.8) is 0 Å². The van der Waals surface area contributed by atoms with Gasteiger partial charge in [0, 0.05) is 34.3 Å². The van der Waals surface area contributed by atoms with Gasteiger partial charge in [0.15, 0.2) is 0 Å². The smallest absolute Gasteiger partial charge is 0.406 e. The number of methoxy groups -OCH3 is 1. The summed E-state index contributed by atoms with van der Waals surface area (Å²) in [5, 5.41) is 12.9. The Labute approximate surface area is 196 Å². The molecule has 0 saturated carbocycles. The van der Waals surface area contributed by atoms with Crippen molar-refractivity contribution in [2.24, 2.45) is 5.14 Å². The molecular formula is C24H27F3N4OS. The predicted molar refractivity (Wildman–Crippen MR) is 130 cm³/mol. The molecule has 0 saturated heterocycles. The van der Waals surface area contributed by atoms with Crippen molar-refractivity contribution >= 4 is 34.2 Å². The van der Waals surface area contributed by atoms with Crippen LogP contribution in [0, 0.1) is 11.8 Å². The van der Waals surface area contributed by atoms with Crippen molar-refractivity contribution in [1.82, 2.24) is 4.57 Å². The van der Waals surface area contributed by atoms with Gasteiger partial charge in [-0.3, -0.25) is 5.14 Å². The van der Waals surface area contributed by atoms with Gasteiger partial charge in [0.2, 0.25) is 0 Å². The van der Waals surface area contributed by atoms with E-state index in [0.29, 0.717) is 23.4 Å². The lowest BCUT2D eigenvalue weighted by Gasteiger charge is -2.12. The van der Waals surface area contributed by atoms with E-state index in [2.05, 4.69) is 29.4 Å². The molecule has 0 fully saturated rings. The second-order valence-corrected chi connectivity index (χ2v) is 8.14. The molecule has 33 heavy (non-hydrogen) atoms. The summed E-state index contributed by atoms with van der Waals surface area (Å²) in [5.41, 5.74) is 2.71. The molecule has 9 heteroatoms. The number of benzene rings is 2. The van der Waals surface area contributed by atoms with Crippen molar-refractivity contribution in [1.29, 1.82) is 0 Å². The molecule has 0 spiro atoms. The van der Waals surface area contributed by atoms with E-state index in [0.717, 1.165) is 53.0 Å². The van der Waals surface area contributed by atoms with Crippen LogP contribution in [0.5, 0.6) is 5.75 Å². The minimum Gasteiger partial charge on any atom is -0.495 e. The van der Waals surface area contributed by atoms with E-state index < -0.39 is 12.7 Å². The van der Waals surface area contributed by atoms with Gasteiger partial charge in [0.05, 0.1) is 24.9 Å². The van der Waals surface area contributed by atoms with E-state index >= 15 is 0 Å². The molecule has 1 aromatic heterocycles. The third-order valence-corrected chi connectivity index (χ3v) is 5.52. The van der Waals surface area contributed by atoms with Crippen LogP contribution >= 0.6 is 11.9 Å². The first-order chi connectivity index (χ1) is 15.8. The summed E-state index contributed by atoms with van der Waals surface area (Å²) in [7, 11) is 1.58. The fraction of sp³-hybridized carbons (Fsp3) is 0.333. The van der Waals surface area contributed by atoms with Crippen molar-refractivity contribution in [3.05, 3.63) is 48.2 Å². The maximum Gasteiger partial charge on any atom is 0.406 e. The van der Waals surface area contributed by atoms with E-state index in [1.165, 1.54) is 10.8 Å². The average Bonchev–Trinajstić information content (AvgIpc) is 3.18. The Hall–Kier alpha value is -2.96. The van der Waals surface area contributed by atoms with E-state index in [4.69, 9.17) is 9.88 Å². The first-order valence-electron chi connectivity index (χ1n) is 10.6. The third kappa shape index (κ3) is 6.76. The van der Waals surface area contributed by atoms with Crippen LogP contribution in [-0.4, -0.2) is 30.9 Å². The summed E-state index contributed by atoms with van der Waals surface area (Å²) in [6.45, 7) is 2.13.